The van der Waals surface area contributed by atoms with Gasteiger partial charge in [-0.05, 0) is 30.5 Å². The number of rotatable bonds is 6. The highest BCUT2D eigenvalue weighted by Crippen LogP contribution is 2.22. The number of ketones is 1. The summed E-state index contributed by atoms with van der Waals surface area (Å²) in [5.41, 5.74) is 1.30. The minimum Gasteiger partial charge on any atom is -0.299 e. The van der Waals surface area contributed by atoms with Crippen molar-refractivity contribution in [3.05, 3.63) is 57.2 Å². The van der Waals surface area contributed by atoms with Crippen molar-refractivity contribution in [3.63, 3.8) is 0 Å². The standard InChI is InChI=1S/C15H15ClOS/c16-15-10-9-14(18-15)11-13(17)8-4-7-12-5-2-1-3-6-12/h1-3,5-6,9-10H,4,7-8,11H2. The summed E-state index contributed by atoms with van der Waals surface area (Å²) in [5, 5.41) is 0. The molecule has 0 atom stereocenters. The smallest absolute Gasteiger partial charge is 0.138 e. The van der Waals surface area contributed by atoms with Crippen LogP contribution in [0.3, 0.4) is 0 Å². The Balaban J connectivity index is 1.72. The van der Waals surface area contributed by atoms with Crippen molar-refractivity contribution < 1.29 is 4.79 Å². The van der Waals surface area contributed by atoms with Crippen molar-refractivity contribution >= 4 is 28.7 Å². The molecule has 18 heavy (non-hydrogen) atoms. The summed E-state index contributed by atoms with van der Waals surface area (Å²) in [7, 11) is 0. The van der Waals surface area contributed by atoms with Crippen molar-refractivity contribution in [2.24, 2.45) is 0 Å². The van der Waals surface area contributed by atoms with E-state index in [-0.39, 0.29) is 0 Å². The lowest BCUT2D eigenvalue weighted by Crippen LogP contribution is -2.01. The van der Waals surface area contributed by atoms with Gasteiger partial charge in [0, 0.05) is 17.7 Å². The van der Waals surface area contributed by atoms with Gasteiger partial charge in [0.25, 0.3) is 0 Å². The predicted octanol–water partition coefficient (Wildman–Crippen LogP) is 4.54. The maximum atomic E-state index is 11.8. The molecule has 2 aromatic rings. The van der Waals surface area contributed by atoms with Gasteiger partial charge in [-0.3, -0.25) is 4.79 Å². The van der Waals surface area contributed by atoms with Gasteiger partial charge < -0.3 is 0 Å². The van der Waals surface area contributed by atoms with Crippen LogP contribution in [0, 0.1) is 0 Å². The van der Waals surface area contributed by atoms with Crippen molar-refractivity contribution in [2.75, 3.05) is 0 Å². The quantitative estimate of drug-likeness (QED) is 0.758. The van der Waals surface area contributed by atoms with Crippen LogP contribution in [-0.2, 0) is 17.6 Å². The molecule has 0 fully saturated rings. The highest BCUT2D eigenvalue weighted by Gasteiger charge is 2.06. The van der Waals surface area contributed by atoms with Crippen LogP contribution in [0.2, 0.25) is 4.34 Å². The third kappa shape index (κ3) is 4.28. The molecule has 0 radical (unpaired) electrons. The Hall–Kier alpha value is -1.12. The molecular formula is C15H15ClOS. The molecule has 1 heterocycles. The van der Waals surface area contributed by atoms with Crippen molar-refractivity contribution in [2.45, 2.75) is 25.7 Å². The number of aryl methyl sites for hydroxylation is 1. The Morgan fingerprint density at radius 1 is 1.11 bits per heavy atom. The first-order chi connectivity index (χ1) is 8.74. The lowest BCUT2D eigenvalue weighted by atomic mass is 10.1. The van der Waals surface area contributed by atoms with Gasteiger partial charge in [0.15, 0.2) is 0 Å². The van der Waals surface area contributed by atoms with Crippen LogP contribution in [-0.4, -0.2) is 5.78 Å². The molecular weight excluding hydrogens is 264 g/mol. The molecule has 0 amide bonds. The van der Waals surface area contributed by atoms with Crippen LogP contribution < -0.4 is 0 Å². The number of hydrogen-bond acceptors (Lipinski definition) is 2. The second-order valence-electron chi connectivity index (χ2n) is 4.26. The number of thiophene rings is 1. The third-order valence-corrected chi connectivity index (χ3v) is 4.00. The van der Waals surface area contributed by atoms with E-state index in [2.05, 4.69) is 12.1 Å². The summed E-state index contributed by atoms with van der Waals surface area (Å²) in [4.78, 5) is 12.8. The molecule has 0 N–H and O–H groups in total. The van der Waals surface area contributed by atoms with E-state index in [0.29, 0.717) is 18.6 Å². The average molecular weight is 279 g/mol. The average Bonchev–Trinajstić information content (AvgIpc) is 2.76. The second-order valence-corrected chi connectivity index (χ2v) is 6.06. The van der Waals surface area contributed by atoms with E-state index in [1.54, 1.807) is 0 Å². The normalized spacial score (nSPS) is 10.5. The highest BCUT2D eigenvalue weighted by molar-refractivity contribution is 7.16. The fourth-order valence-electron chi connectivity index (χ4n) is 1.86. The molecule has 3 heteroatoms. The van der Waals surface area contributed by atoms with Gasteiger partial charge in [-0.1, -0.05) is 41.9 Å². The highest BCUT2D eigenvalue weighted by atomic mass is 35.5. The lowest BCUT2D eigenvalue weighted by Gasteiger charge is -2.00. The first-order valence-corrected chi connectivity index (χ1v) is 7.23. The first-order valence-electron chi connectivity index (χ1n) is 6.04. The number of Topliss-reactive ketones (excluding diaryl/α,β-unsaturated/α-hetero) is 1. The van der Waals surface area contributed by atoms with E-state index < -0.39 is 0 Å². The molecule has 1 aromatic heterocycles. The van der Waals surface area contributed by atoms with Gasteiger partial charge >= 0.3 is 0 Å². The molecule has 0 aliphatic heterocycles. The number of carbonyl (C=O) groups is 1. The van der Waals surface area contributed by atoms with Crippen LogP contribution in [0.5, 0.6) is 0 Å². The molecule has 94 valence electrons. The van der Waals surface area contributed by atoms with Gasteiger partial charge in [-0.2, -0.15) is 0 Å². The summed E-state index contributed by atoms with van der Waals surface area (Å²) in [6.07, 6.45) is 3.05. The van der Waals surface area contributed by atoms with Crippen molar-refractivity contribution in [1.29, 1.82) is 0 Å². The van der Waals surface area contributed by atoms with E-state index in [1.807, 2.05) is 30.3 Å². The van der Waals surface area contributed by atoms with E-state index in [1.165, 1.54) is 16.9 Å². The molecule has 1 nitrogen and oxygen atoms in total. The van der Waals surface area contributed by atoms with Gasteiger partial charge in [0.2, 0.25) is 0 Å². The number of benzene rings is 1. The Bertz CT molecular complexity index is 504. The number of carbonyl (C=O) groups excluding carboxylic acids is 1. The predicted molar refractivity (Wildman–Crippen MR) is 77.4 cm³/mol. The Kier molecular flexibility index (Phi) is 4.97. The van der Waals surface area contributed by atoms with Gasteiger partial charge in [0.1, 0.15) is 5.78 Å². The topological polar surface area (TPSA) is 17.1 Å². The van der Waals surface area contributed by atoms with Crippen molar-refractivity contribution in [3.8, 4) is 0 Å². The van der Waals surface area contributed by atoms with Crippen LogP contribution in [0.15, 0.2) is 42.5 Å². The van der Waals surface area contributed by atoms with Crippen LogP contribution in [0.1, 0.15) is 23.3 Å². The first kappa shape index (κ1) is 13.3. The lowest BCUT2D eigenvalue weighted by molar-refractivity contribution is -0.118. The molecule has 0 aliphatic rings. The molecule has 2 rings (SSSR count). The van der Waals surface area contributed by atoms with Gasteiger partial charge in [-0.15, -0.1) is 11.3 Å². The summed E-state index contributed by atoms with van der Waals surface area (Å²) >= 11 is 7.33. The monoisotopic (exact) mass is 278 g/mol. The molecule has 0 bridgehead atoms. The third-order valence-electron chi connectivity index (χ3n) is 2.76. The minimum absolute atomic E-state index is 0.296. The van der Waals surface area contributed by atoms with Gasteiger partial charge in [0.05, 0.1) is 4.34 Å². The molecule has 1 aromatic carbocycles. The maximum absolute atomic E-state index is 11.8. The maximum Gasteiger partial charge on any atom is 0.138 e. The Labute approximate surface area is 116 Å². The minimum atomic E-state index is 0.296. The van der Waals surface area contributed by atoms with Crippen LogP contribution in [0.4, 0.5) is 0 Å². The number of hydrogen-bond donors (Lipinski definition) is 0. The summed E-state index contributed by atoms with van der Waals surface area (Å²) in [6, 6.07) is 14.1. The molecule has 0 aliphatic carbocycles. The number of halogens is 1. The SMILES string of the molecule is O=C(CCCc1ccccc1)Cc1ccc(Cl)s1. The fourth-order valence-corrected chi connectivity index (χ4v) is 2.98. The zero-order valence-electron chi connectivity index (χ0n) is 10.1. The van der Waals surface area contributed by atoms with Crippen LogP contribution >= 0.6 is 22.9 Å². The summed E-state index contributed by atoms with van der Waals surface area (Å²) < 4.78 is 0.752. The molecule has 0 spiro atoms. The Morgan fingerprint density at radius 2 is 1.89 bits per heavy atom. The zero-order valence-corrected chi connectivity index (χ0v) is 11.6. The molecule has 0 unspecified atom stereocenters. The fraction of sp³-hybridized carbons (Fsp3) is 0.267. The van der Waals surface area contributed by atoms with Crippen molar-refractivity contribution in [1.82, 2.24) is 0 Å². The zero-order chi connectivity index (χ0) is 12.8. The second kappa shape index (κ2) is 6.72. The molecule has 0 saturated heterocycles. The van der Waals surface area contributed by atoms with E-state index in [4.69, 9.17) is 11.6 Å². The summed E-state index contributed by atoms with van der Waals surface area (Å²) in [6.45, 7) is 0. The van der Waals surface area contributed by atoms with Crippen LogP contribution in [0.25, 0.3) is 0 Å². The largest absolute Gasteiger partial charge is 0.299 e. The van der Waals surface area contributed by atoms with E-state index in [9.17, 15) is 4.79 Å². The van der Waals surface area contributed by atoms with E-state index >= 15 is 0 Å². The van der Waals surface area contributed by atoms with Gasteiger partial charge in [-0.25, -0.2) is 0 Å². The van der Waals surface area contributed by atoms with E-state index in [0.717, 1.165) is 22.1 Å². The summed E-state index contributed by atoms with van der Waals surface area (Å²) in [5.74, 6) is 0.296. The molecule has 0 saturated carbocycles. The Morgan fingerprint density at radius 3 is 2.56 bits per heavy atom.